The molecule has 2 aliphatic rings. The van der Waals surface area contributed by atoms with Crippen molar-refractivity contribution in [1.82, 2.24) is 0 Å². The Bertz CT molecular complexity index is 668. The summed E-state index contributed by atoms with van der Waals surface area (Å²) in [6.07, 6.45) is 0.850. The molecule has 0 spiro atoms. The van der Waals surface area contributed by atoms with Crippen LogP contribution < -0.4 is 14.9 Å². The molecule has 0 aliphatic carbocycles. The van der Waals surface area contributed by atoms with E-state index >= 15 is 0 Å². The maximum Gasteiger partial charge on any atom is 0.495 e. The first-order valence-electron chi connectivity index (χ1n) is 9.84. The Labute approximate surface area is 164 Å². The summed E-state index contributed by atoms with van der Waals surface area (Å²) in [5.41, 5.74) is 1.27. The Kier molecular flexibility index (Phi) is 5.70. The number of rotatable bonds is 7. The highest BCUT2D eigenvalue weighted by atomic mass is 28.3. The zero-order valence-corrected chi connectivity index (χ0v) is 18.8. The van der Waals surface area contributed by atoms with Gasteiger partial charge in [-0.2, -0.15) is 0 Å². The molecule has 2 aliphatic heterocycles. The smallest absolute Gasteiger partial charge is 0.493 e. The first kappa shape index (κ1) is 20.7. The summed E-state index contributed by atoms with van der Waals surface area (Å²) in [6.45, 7) is 16.9. The molecule has 7 heteroatoms. The third-order valence-electron chi connectivity index (χ3n) is 5.62. The third-order valence-corrected chi connectivity index (χ3v) is 7.32. The van der Waals surface area contributed by atoms with E-state index in [2.05, 4.69) is 47.3 Å². The van der Waals surface area contributed by atoms with Crippen molar-refractivity contribution < 1.29 is 23.5 Å². The highest BCUT2D eigenvalue weighted by Gasteiger charge is 2.52. The molecule has 1 saturated heterocycles. The van der Waals surface area contributed by atoms with Crippen LogP contribution in [0.1, 0.15) is 33.3 Å². The minimum atomic E-state index is -1.09. The number of ether oxygens (including phenoxy) is 3. The summed E-state index contributed by atoms with van der Waals surface area (Å²) in [5, 5.41) is 0. The highest BCUT2D eigenvalue weighted by molar-refractivity contribution is 6.76. The van der Waals surface area contributed by atoms with Gasteiger partial charge in [0.2, 0.25) is 0 Å². The molecule has 2 heterocycles. The molecule has 0 radical (unpaired) electrons. The van der Waals surface area contributed by atoms with Gasteiger partial charge in [0.05, 0.1) is 17.8 Å². The molecule has 0 amide bonds. The molecule has 3 rings (SSSR count). The van der Waals surface area contributed by atoms with E-state index in [-0.39, 0.29) is 18.0 Å². The van der Waals surface area contributed by atoms with E-state index in [1.54, 1.807) is 0 Å². The second-order valence-electron chi connectivity index (χ2n) is 9.66. The van der Waals surface area contributed by atoms with Crippen LogP contribution in [-0.2, 0) is 20.5 Å². The van der Waals surface area contributed by atoms with Gasteiger partial charge >= 0.3 is 7.12 Å². The van der Waals surface area contributed by atoms with Crippen LogP contribution in [-0.4, -0.2) is 46.4 Å². The van der Waals surface area contributed by atoms with Crippen molar-refractivity contribution in [2.45, 2.75) is 71.0 Å². The van der Waals surface area contributed by atoms with Crippen LogP contribution in [0, 0.1) is 0 Å². The predicted molar refractivity (Wildman–Crippen MR) is 111 cm³/mol. The molecule has 0 saturated carbocycles. The van der Waals surface area contributed by atoms with E-state index in [0.29, 0.717) is 6.61 Å². The Morgan fingerprint density at radius 2 is 1.74 bits per heavy atom. The van der Waals surface area contributed by atoms with Crippen LogP contribution in [0.5, 0.6) is 11.5 Å². The van der Waals surface area contributed by atoms with Crippen LogP contribution in [0.25, 0.3) is 0 Å². The third kappa shape index (κ3) is 4.70. The average molecular weight is 392 g/mol. The molecule has 150 valence electrons. The number of benzene rings is 1. The average Bonchev–Trinajstić information content (AvgIpc) is 3.08. The van der Waals surface area contributed by atoms with Crippen molar-refractivity contribution in [3.8, 4) is 11.5 Å². The quantitative estimate of drug-likeness (QED) is 0.403. The van der Waals surface area contributed by atoms with Crippen molar-refractivity contribution in [3.05, 3.63) is 17.7 Å². The Balaban J connectivity index is 1.70. The predicted octanol–water partition coefficient (Wildman–Crippen LogP) is 3.61. The number of hydrogen-bond acceptors (Lipinski definition) is 5. The van der Waals surface area contributed by atoms with Crippen LogP contribution >= 0.6 is 0 Å². The molecule has 27 heavy (non-hydrogen) atoms. The molecule has 1 fully saturated rings. The lowest BCUT2D eigenvalue weighted by Gasteiger charge is -2.32. The molecule has 0 atom stereocenters. The SMILES string of the molecule is CC1(C)OB(c2cc3c(c(OCOCC[Si](C)(C)C)c2)CCO3)OC1(C)C. The summed E-state index contributed by atoms with van der Waals surface area (Å²) < 4.78 is 29.8. The maximum absolute atomic E-state index is 6.19. The summed E-state index contributed by atoms with van der Waals surface area (Å²) in [7, 11) is -1.52. The molecule has 0 bridgehead atoms. The second-order valence-corrected chi connectivity index (χ2v) is 15.3. The largest absolute Gasteiger partial charge is 0.495 e. The van der Waals surface area contributed by atoms with E-state index < -0.39 is 15.2 Å². The van der Waals surface area contributed by atoms with Gasteiger partial charge in [-0.25, -0.2) is 0 Å². The van der Waals surface area contributed by atoms with Crippen molar-refractivity contribution in [1.29, 1.82) is 0 Å². The molecule has 5 nitrogen and oxygen atoms in total. The van der Waals surface area contributed by atoms with Gasteiger partial charge in [-0.15, -0.1) is 0 Å². The molecule has 0 N–H and O–H groups in total. The van der Waals surface area contributed by atoms with Gasteiger partial charge in [-0.1, -0.05) is 19.6 Å². The van der Waals surface area contributed by atoms with Crippen molar-refractivity contribution in [2.24, 2.45) is 0 Å². The molecule has 0 aromatic heterocycles. The topological polar surface area (TPSA) is 46.2 Å². The lowest BCUT2D eigenvalue weighted by Crippen LogP contribution is -2.41. The second kappa shape index (κ2) is 7.43. The fourth-order valence-electron chi connectivity index (χ4n) is 3.06. The normalized spacial score (nSPS) is 20.5. The summed E-state index contributed by atoms with van der Waals surface area (Å²) in [4.78, 5) is 0. The Morgan fingerprint density at radius 1 is 1.07 bits per heavy atom. The Morgan fingerprint density at radius 3 is 2.37 bits per heavy atom. The molecule has 1 aromatic rings. The lowest BCUT2D eigenvalue weighted by molar-refractivity contribution is 0.00578. The Hall–Kier alpha value is -1.02. The summed E-state index contributed by atoms with van der Waals surface area (Å²) in [5.74, 6) is 1.67. The molecule has 1 aromatic carbocycles. The molecular weight excluding hydrogens is 359 g/mol. The van der Waals surface area contributed by atoms with E-state index in [9.17, 15) is 0 Å². The molecule has 0 unspecified atom stereocenters. The summed E-state index contributed by atoms with van der Waals surface area (Å²) in [6, 6.07) is 5.16. The van der Waals surface area contributed by atoms with E-state index in [1.807, 2.05) is 12.1 Å². The zero-order valence-electron chi connectivity index (χ0n) is 17.8. The van der Waals surface area contributed by atoms with Crippen LogP contribution in [0.4, 0.5) is 0 Å². The van der Waals surface area contributed by atoms with Gasteiger partial charge in [-0.05, 0) is 51.3 Å². The van der Waals surface area contributed by atoms with E-state index in [4.69, 9.17) is 23.5 Å². The standard InChI is InChI=1S/C20H33BO5Si/c1-19(2)20(3,4)26-21(25-19)15-12-17-16(8-9-23-17)18(13-15)24-14-22-10-11-27(5,6)7/h12-13H,8-11,14H2,1-7H3. The van der Waals surface area contributed by atoms with Crippen LogP contribution in [0.3, 0.4) is 0 Å². The van der Waals surface area contributed by atoms with Gasteiger partial charge in [-0.3, -0.25) is 0 Å². The van der Waals surface area contributed by atoms with Crippen LogP contribution in [0.15, 0.2) is 12.1 Å². The van der Waals surface area contributed by atoms with Crippen molar-refractivity contribution in [3.63, 3.8) is 0 Å². The summed E-state index contributed by atoms with van der Waals surface area (Å²) >= 11 is 0. The van der Waals surface area contributed by atoms with E-state index in [1.165, 1.54) is 0 Å². The van der Waals surface area contributed by atoms with Gasteiger partial charge in [0.1, 0.15) is 11.5 Å². The fraction of sp³-hybridized carbons (Fsp3) is 0.700. The van der Waals surface area contributed by atoms with Gasteiger partial charge in [0.25, 0.3) is 0 Å². The fourth-order valence-corrected chi connectivity index (χ4v) is 3.82. The number of fused-ring (bicyclic) bond motifs is 1. The first-order valence-corrected chi connectivity index (χ1v) is 13.6. The van der Waals surface area contributed by atoms with Crippen molar-refractivity contribution in [2.75, 3.05) is 20.0 Å². The minimum absolute atomic E-state index is 0.254. The van der Waals surface area contributed by atoms with E-state index in [0.717, 1.165) is 41.6 Å². The van der Waals surface area contributed by atoms with Gasteiger partial charge in [0, 0.05) is 26.7 Å². The highest BCUT2D eigenvalue weighted by Crippen LogP contribution is 2.38. The maximum atomic E-state index is 6.19. The molecular formula is C20H33BO5Si. The zero-order chi connectivity index (χ0) is 19.9. The van der Waals surface area contributed by atoms with Gasteiger partial charge < -0.3 is 23.5 Å². The van der Waals surface area contributed by atoms with Gasteiger partial charge in [0.15, 0.2) is 6.79 Å². The minimum Gasteiger partial charge on any atom is -0.493 e. The number of hydrogen-bond donors (Lipinski definition) is 0. The lowest BCUT2D eigenvalue weighted by atomic mass is 9.78. The monoisotopic (exact) mass is 392 g/mol. The first-order chi connectivity index (χ1) is 12.5. The van der Waals surface area contributed by atoms with Crippen molar-refractivity contribution >= 4 is 20.7 Å². The van der Waals surface area contributed by atoms with Crippen LogP contribution in [0.2, 0.25) is 25.7 Å².